The largest absolute Gasteiger partial charge is 0.481 e. The minimum absolute atomic E-state index is 0. The predicted molar refractivity (Wildman–Crippen MR) is 178 cm³/mol. The first-order chi connectivity index (χ1) is 20.8. The Hall–Kier alpha value is -4.29. The molecule has 0 saturated carbocycles. The number of nitrogens with zero attached hydrogens (tertiary/aromatic N) is 4. The number of benzene rings is 2. The maximum absolute atomic E-state index is 5.97. The van der Waals surface area contributed by atoms with Crippen molar-refractivity contribution >= 4 is 35.3 Å². The summed E-state index contributed by atoms with van der Waals surface area (Å²) in [6.45, 7) is 11.0. The first kappa shape index (κ1) is 31.1. The molecule has 0 aliphatic carbocycles. The summed E-state index contributed by atoms with van der Waals surface area (Å²) in [5.74, 6) is 0. The average molecular weight is 769 g/mol. The van der Waals surface area contributed by atoms with Crippen LogP contribution in [0.25, 0.3) is 55.7 Å². The Morgan fingerprint density at radius 3 is 2.23 bits per heavy atom. The van der Waals surface area contributed by atoms with E-state index in [1.165, 1.54) is 16.3 Å². The van der Waals surface area contributed by atoms with Crippen molar-refractivity contribution in [1.29, 1.82) is 0 Å². The SMILES string of the molecule is Cc1cc2c(oc3n[c-]c(-c4cc(-c5ccccc5)c([Si](C)(C)C)cn4)cc32)c(C)n1.[Ir].[c-]1ccccc1-c1ccccn1. The molecule has 5 nitrogen and oxygen atoms in total. The Morgan fingerprint density at radius 2 is 1.52 bits per heavy atom. The molecule has 0 fully saturated rings. The van der Waals surface area contributed by atoms with Crippen LogP contribution < -0.4 is 5.19 Å². The van der Waals surface area contributed by atoms with Gasteiger partial charge in [0.1, 0.15) is 11.3 Å². The molecule has 0 saturated heterocycles. The standard InChI is InChI=1S/C26H24N3OSi.C11H8N.Ir/c1-16-11-21-22-12-19(14-28-26(22)30-25(21)17(2)29-16)23-13-20(18-9-7-6-8-10-18)24(15-27-23)31(3,4)5;1-2-6-10(7-3-1)11-8-4-5-9-12-11;/h6-13,15H,1-5H3;1-6,8-9H;/q2*-1;. The van der Waals surface area contributed by atoms with Crippen molar-refractivity contribution in [3.8, 4) is 33.6 Å². The molecule has 44 heavy (non-hydrogen) atoms. The van der Waals surface area contributed by atoms with Gasteiger partial charge in [-0.2, -0.15) is 0 Å². The number of pyridine rings is 4. The maximum atomic E-state index is 5.97. The van der Waals surface area contributed by atoms with Crippen LogP contribution in [0.1, 0.15) is 11.4 Å². The van der Waals surface area contributed by atoms with Crippen LogP contribution in [0.2, 0.25) is 19.6 Å². The minimum Gasteiger partial charge on any atom is -0.481 e. The Balaban J connectivity index is 0.000000248. The summed E-state index contributed by atoms with van der Waals surface area (Å²) < 4.78 is 5.97. The number of hydrogen-bond donors (Lipinski definition) is 0. The van der Waals surface area contributed by atoms with Crippen molar-refractivity contribution in [2.45, 2.75) is 33.5 Å². The summed E-state index contributed by atoms with van der Waals surface area (Å²) in [4.78, 5) is 18.0. The summed E-state index contributed by atoms with van der Waals surface area (Å²) >= 11 is 0. The van der Waals surface area contributed by atoms with Gasteiger partial charge in [0, 0.05) is 43.6 Å². The third kappa shape index (κ3) is 6.60. The molecular weight excluding hydrogens is 737 g/mol. The Labute approximate surface area is 272 Å². The van der Waals surface area contributed by atoms with Crippen LogP contribution in [0.3, 0.4) is 0 Å². The fourth-order valence-electron chi connectivity index (χ4n) is 5.19. The number of furan rings is 1. The quantitative estimate of drug-likeness (QED) is 0.133. The van der Waals surface area contributed by atoms with Crippen LogP contribution >= 0.6 is 0 Å². The molecule has 0 spiro atoms. The van der Waals surface area contributed by atoms with Crippen molar-refractivity contribution in [1.82, 2.24) is 19.9 Å². The van der Waals surface area contributed by atoms with E-state index >= 15 is 0 Å². The molecule has 0 aliphatic heterocycles. The second kappa shape index (κ2) is 13.1. The van der Waals surface area contributed by atoms with Gasteiger partial charge in [0.05, 0.1) is 13.8 Å². The first-order valence-corrected chi connectivity index (χ1v) is 17.8. The van der Waals surface area contributed by atoms with Crippen molar-refractivity contribution in [3.05, 3.63) is 127 Å². The van der Waals surface area contributed by atoms with Crippen LogP contribution in [0, 0.1) is 26.1 Å². The third-order valence-electron chi connectivity index (χ3n) is 7.28. The van der Waals surface area contributed by atoms with Gasteiger partial charge in [-0.05, 0) is 65.3 Å². The van der Waals surface area contributed by atoms with Crippen molar-refractivity contribution < 1.29 is 24.5 Å². The summed E-state index contributed by atoms with van der Waals surface area (Å²) in [6, 6.07) is 33.7. The van der Waals surface area contributed by atoms with Crippen molar-refractivity contribution in [2.24, 2.45) is 0 Å². The van der Waals surface area contributed by atoms with Crippen LogP contribution in [-0.4, -0.2) is 28.0 Å². The monoisotopic (exact) mass is 769 g/mol. The van der Waals surface area contributed by atoms with Gasteiger partial charge < -0.3 is 19.4 Å². The molecule has 7 aromatic rings. The molecule has 7 rings (SSSR count). The Kier molecular flexibility index (Phi) is 9.30. The van der Waals surface area contributed by atoms with Gasteiger partial charge in [0.15, 0.2) is 0 Å². The minimum atomic E-state index is -1.58. The van der Waals surface area contributed by atoms with Gasteiger partial charge in [-0.25, -0.2) is 0 Å². The van der Waals surface area contributed by atoms with Gasteiger partial charge in [0.2, 0.25) is 0 Å². The molecule has 2 aromatic carbocycles. The second-order valence-corrected chi connectivity index (χ2v) is 16.6. The van der Waals surface area contributed by atoms with Crippen LogP contribution in [0.15, 0.2) is 108 Å². The van der Waals surface area contributed by atoms with E-state index in [2.05, 4.69) is 89.3 Å². The molecule has 0 aliphatic rings. The molecule has 5 heterocycles. The first-order valence-electron chi connectivity index (χ1n) is 14.3. The number of aromatic nitrogens is 4. The van der Waals surface area contributed by atoms with Crippen molar-refractivity contribution in [2.75, 3.05) is 0 Å². The molecule has 0 bridgehead atoms. The molecule has 221 valence electrons. The number of fused-ring (bicyclic) bond motifs is 3. The molecule has 1 radical (unpaired) electrons. The van der Waals surface area contributed by atoms with Crippen LogP contribution in [-0.2, 0) is 20.1 Å². The summed E-state index contributed by atoms with van der Waals surface area (Å²) in [6.07, 6.45) is 6.98. The van der Waals surface area contributed by atoms with Crippen LogP contribution in [0.5, 0.6) is 0 Å². The summed E-state index contributed by atoms with van der Waals surface area (Å²) in [5.41, 5.74) is 9.39. The zero-order chi connectivity index (χ0) is 30.0. The fraction of sp³-hybridized carbons (Fsp3) is 0.135. The smallest absolute Gasteiger partial charge is 0.144 e. The molecule has 0 atom stereocenters. The number of rotatable bonds is 4. The van der Waals surface area contributed by atoms with Gasteiger partial charge in [-0.15, -0.1) is 47.5 Å². The normalized spacial score (nSPS) is 11.1. The molecule has 7 heteroatoms. The summed E-state index contributed by atoms with van der Waals surface area (Å²) in [7, 11) is -1.58. The topological polar surface area (TPSA) is 64.7 Å². The third-order valence-corrected chi connectivity index (χ3v) is 9.29. The molecule has 5 aromatic heterocycles. The maximum Gasteiger partial charge on any atom is 0.144 e. The molecule has 0 N–H and O–H groups in total. The zero-order valence-corrected chi connectivity index (χ0v) is 28.7. The van der Waals surface area contributed by atoms with E-state index in [0.717, 1.165) is 50.3 Å². The predicted octanol–water partition coefficient (Wildman–Crippen LogP) is 8.61. The van der Waals surface area contributed by atoms with Gasteiger partial charge in [-0.1, -0.05) is 68.2 Å². The average Bonchev–Trinajstić information content (AvgIpc) is 3.40. The van der Waals surface area contributed by atoms with Gasteiger partial charge >= 0.3 is 0 Å². The van der Waals surface area contributed by atoms with E-state index < -0.39 is 8.07 Å². The van der Waals surface area contributed by atoms with E-state index in [0.29, 0.717) is 5.71 Å². The Bertz CT molecular complexity index is 1990. The van der Waals surface area contributed by atoms with E-state index in [4.69, 9.17) is 9.40 Å². The molecule has 0 amide bonds. The van der Waals surface area contributed by atoms with Crippen molar-refractivity contribution in [3.63, 3.8) is 0 Å². The van der Waals surface area contributed by atoms with E-state index in [-0.39, 0.29) is 20.1 Å². The molecular formula is C37H32IrN4OSi-2. The van der Waals surface area contributed by atoms with E-state index in [1.54, 1.807) is 6.20 Å². The Morgan fingerprint density at radius 1 is 0.750 bits per heavy atom. The fourth-order valence-corrected chi connectivity index (χ4v) is 6.66. The molecule has 0 unspecified atom stereocenters. The zero-order valence-electron chi connectivity index (χ0n) is 25.3. The second-order valence-electron chi connectivity index (χ2n) is 11.6. The number of hydrogen-bond acceptors (Lipinski definition) is 5. The van der Waals surface area contributed by atoms with E-state index in [9.17, 15) is 0 Å². The number of aryl methyl sites for hydroxylation is 2. The van der Waals surface area contributed by atoms with E-state index in [1.807, 2.05) is 68.6 Å². The van der Waals surface area contributed by atoms with Crippen LogP contribution in [0.4, 0.5) is 0 Å². The van der Waals surface area contributed by atoms with Gasteiger partial charge in [0.25, 0.3) is 0 Å². The van der Waals surface area contributed by atoms with Gasteiger partial charge in [-0.3, -0.25) is 4.98 Å². The summed E-state index contributed by atoms with van der Waals surface area (Å²) in [5, 5.41) is 3.35.